The summed E-state index contributed by atoms with van der Waals surface area (Å²) >= 11 is 0. The van der Waals surface area contributed by atoms with Crippen LogP contribution in [0.1, 0.15) is 95.9 Å². The number of aromatic hydroxyl groups is 2. The summed E-state index contributed by atoms with van der Waals surface area (Å²) in [6, 6.07) is 8.94. The number of amides is 3. The number of hydrogen-bond donors (Lipinski definition) is 4. The largest absolute Gasteiger partial charge is 0.508 e. The zero-order chi connectivity index (χ0) is 31.0. The van der Waals surface area contributed by atoms with Crippen LogP contribution in [0, 0.1) is 6.92 Å². The molecule has 0 bridgehead atoms. The van der Waals surface area contributed by atoms with Crippen molar-refractivity contribution in [3.8, 4) is 11.5 Å². The molecular weight excluding hydrogens is 534 g/mol. The average Bonchev–Trinajstić information content (AvgIpc) is 2.93. The van der Waals surface area contributed by atoms with E-state index in [0.717, 1.165) is 32.1 Å². The molecule has 1 aliphatic rings. The van der Waals surface area contributed by atoms with Crippen molar-refractivity contribution in [2.75, 3.05) is 0 Å². The molecule has 0 heterocycles. The van der Waals surface area contributed by atoms with Crippen LogP contribution in [0.2, 0.25) is 0 Å². The van der Waals surface area contributed by atoms with E-state index in [9.17, 15) is 24.6 Å². The maximum atomic E-state index is 14.6. The minimum absolute atomic E-state index is 0.0118. The number of benzene rings is 2. The number of nitrogens with zero attached hydrogens (tertiary/aromatic N) is 1. The molecule has 230 valence electrons. The van der Waals surface area contributed by atoms with Crippen LogP contribution in [0.4, 0.5) is 4.79 Å². The Morgan fingerprint density at radius 3 is 2.26 bits per heavy atom. The molecule has 0 aromatic heterocycles. The first kappa shape index (κ1) is 32.8. The number of ether oxygens (including phenoxy) is 1. The molecule has 3 rings (SSSR count). The van der Waals surface area contributed by atoms with Gasteiger partial charge < -0.3 is 30.5 Å². The first-order valence-electron chi connectivity index (χ1n) is 15.0. The Hall–Kier alpha value is -3.75. The molecule has 0 saturated heterocycles. The lowest BCUT2D eigenvalue weighted by molar-refractivity contribution is -0.145. The topological polar surface area (TPSA) is 128 Å². The Morgan fingerprint density at radius 2 is 1.67 bits per heavy atom. The predicted molar refractivity (Wildman–Crippen MR) is 162 cm³/mol. The Labute approximate surface area is 249 Å². The minimum atomic E-state index is -1.13. The third-order valence-electron chi connectivity index (χ3n) is 7.73. The van der Waals surface area contributed by atoms with Crippen molar-refractivity contribution >= 4 is 17.9 Å². The van der Waals surface area contributed by atoms with Gasteiger partial charge in [-0.05, 0) is 77.1 Å². The van der Waals surface area contributed by atoms with Crippen molar-refractivity contribution in [3.63, 3.8) is 0 Å². The molecule has 0 spiro atoms. The molecule has 9 heteroatoms. The molecule has 2 aromatic rings. The van der Waals surface area contributed by atoms with Crippen molar-refractivity contribution in [2.24, 2.45) is 0 Å². The standard InChI is InChI=1S/C33H47N3O6/c1-7-22(3)36(28(26-15-11-12-21(2)29(26)38)30(39)34-24-13-9-8-10-14-24)31(40)27(35-32(41)42-33(4,5)6)20-23-16-18-25(37)19-17-23/h11-12,15-19,22,24,27-28,37-38H,7-10,13-14,20H2,1-6H3,(H,34,39)(H,35,41). The summed E-state index contributed by atoms with van der Waals surface area (Å²) in [5, 5.41) is 26.8. The predicted octanol–water partition coefficient (Wildman–Crippen LogP) is 5.66. The molecule has 9 nitrogen and oxygen atoms in total. The van der Waals surface area contributed by atoms with Gasteiger partial charge in [-0.2, -0.15) is 0 Å². The number of alkyl carbamates (subject to hydrolysis) is 1. The van der Waals surface area contributed by atoms with Crippen LogP contribution in [0.3, 0.4) is 0 Å². The Bertz CT molecular complexity index is 1220. The highest BCUT2D eigenvalue weighted by atomic mass is 16.6. The maximum Gasteiger partial charge on any atom is 0.408 e. The fourth-order valence-electron chi connectivity index (χ4n) is 5.34. The lowest BCUT2D eigenvalue weighted by Crippen LogP contribution is -2.56. The van der Waals surface area contributed by atoms with E-state index in [4.69, 9.17) is 4.74 Å². The lowest BCUT2D eigenvalue weighted by Gasteiger charge is -2.39. The van der Waals surface area contributed by atoms with Crippen molar-refractivity contribution in [3.05, 3.63) is 59.2 Å². The molecule has 4 N–H and O–H groups in total. The molecular formula is C33H47N3O6. The van der Waals surface area contributed by atoms with Gasteiger partial charge in [-0.15, -0.1) is 0 Å². The van der Waals surface area contributed by atoms with Gasteiger partial charge in [0.25, 0.3) is 0 Å². The Balaban J connectivity index is 2.08. The van der Waals surface area contributed by atoms with Gasteiger partial charge in [0.05, 0.1) is 0 Å². The normalized spacial score (nSPS) is 16.1. The molecule has 42 heavy (non-hydrogen) atoms. The highest BCUT2D eigenvalue weighted by Gasteiger charge is 2.40. The summed E-state index contributed by atoms with van der Waals surface area (Å²) in [6.07, 6.45) is 4.76. The molecule has 0 radical (unpaired) electrons. The second-order valence-electron chi connectivity index (χ2n) is 12.3. The molecule has 3 amide bonds. The lowest BCUT2D eigenvalue weighted by atomic mass is 9.93. The number of phenolic OH excluding ortho intramolecular Hbond substituents is 2. The Kier molecular flexibility index (Phi) is 11.3. The third kappa shape index (κ3) is 8.87. The number of aryl methyl sites for hydroxylation is 1. The zero-order valence-corrected chi connectivity index (χ0v) is 25.8. The van der Waals surface area contributed by atoms with Crippen LogP contribution in [-0.2, 0) is 20.7 Å². The minimum Gasteiger partial charge on any atom is -0.508 e. The van der Waals surface area contributed by atoms with E-state index in [2.05, 4.69) is 10.6 Å². The quantitative estimate of drug-likeness (QED) is 0.287. The van der Waals surface area contributed by atoms with Gasteiger partial charge in [0, 0.05) is 24.1 Å². The number of rotatable bonds is 10. The van der Waals surface area contributed by atoms with E-state index < -0.39 is 35.7 Å². The van der Waals surface area contributed by atoms with Crippen molar-refractivity contribution in [2.45, 2.75) is 116 Å². The number of carbonyl (C=O) groups excluding carboxylic acids is 3. The molecule has 1 aliphatic carbocycles. The summed E-state index contributed by atoms with van der Waals surface area (Å²) in [5.74, 6) is -0.806. The van der Waals surface area contributed by atoms with Crippen LogP contribution < -0.4 is 10.6 Å². The smallest absolute Gasteiger partial charge is 0.408 e. The van der Waals surface area contributed by atoms with E-state index in [1.54, 1.807) is 58.0 Å². The molecule has 0 aliphatic heterocycles. The van der Waals surface area contributed by atoms with Crippen molar-refractivity contribution in [1.82, 2.24) is 15.5 Å². The zero-order valence-electron chi connectivity index (χ0n) is 25.8. The van der Waals surface area contributed by atoms with E-state index in [1.807, 2.05) is 13.8 Å². The molecule has 2 aromatic carbocycles. The molecule has 1 saturated carbocycles. The summed E-state index contributed by atoms with van der Waals surface area (Å²) in [5.41, 5.74) is 0.833. The molecule has 3 atom stereocenters. The molecule has 1 fully saturated rings. The van der Waals surface area contributed by atoms with E-state index in [0.29, 0.717) is 23.1 Å². The third-order valence-corrected chi connectivity index (χ3v) is 7.73. The van der Waals surface area contributed by atoms with Crippen molar-refractivity contribution < 1.29 is 29.3 Å². The van der Waals surface area contributed by atoms with E-state index >= 15 is 0 Å². The monoisotopic (exact) mass is 581 g/mol. The van der Waals surface area contributed by atoms with Crippen molar-refractivity contribution in [1.29, 1.82) is 0 Å². The highest BCUT2D eigenvalue weighted by molar-refractivity contribution is 5.93. The van der Waals surface area contributed by atoms with Gasteiger partial charge in [0.15, 0.2) is 0 Å². The first-order chi connectivity index (χ1) is 19.8. The summed E-state index contributed by atoms with van der Waals surface area (Å²) in [7, 11) is 0. The fraction of sp³-hybridized carbons (Fsp3) is 0.545. The SMILES string of the molecule is CCC(C)N(C(=O)C(Cc1ccc(O)cc1)NC(=O)OC(C)(C)C)C(C(=O)NC1CCCCC1)c1cccc(C)c1O. The van der Waals surface area contributed by atoms with E-state index in [-0.39, 0.29) is 29.9 Å². The second kappa shape index (κ2) is 14.4. The first-order valence-corrected chi connectivity index (χ1v) is 15.0. The Morgan fingerprint density at radius 1 is 1.02 bits per heavy atom. The van der Waals surface area contributed by atoms with Gasteiger partial charge in [0.1, 0.15) is 29.2 Å². The van der Waals surface area contributed by atoms with Crippen LogP contribution >= 0.6 is 0 Å². The average molecular weight is 582 g/mol. The second-order valence-corrected chi connectivity index (χ2v) is 12.3. The van der Waals surface area contributed by atoms with Crippen LogP contribution in [0.25, 0.3) is 0 Å². The highest BCUT2D eigenvalue weighted by Crippen LogP contribution is 2.34. The van der Waals surface area contributed by atoms with Gasteiger partial charge in [-0.1, -0.05) is 56.5 Å². The van der Waals surface area contributed by atoms with Crippen LogP contribution in [0.15, 0.2) is 42.5 Å². The summed E-state index contributed by atoms with van der Waals surface area (Å²) in [4.78, 5) is 43.1. The fourth-order valence-corrected chi connectivity index (χ4v) is 5.34. The van der Waals surface area contributed by atoms with Crippen LogP contribution in [0.5, 0.6) is 11.5 Å². The summed E-state index contributed by atoms with van der Waals surface area (Å²) < 4.78 is 5.49. The van der Waals surface area contributed by atoms with E-state index in [1.165, 1.54) is 17.0 Å². The number of hydrogen-bond acceptors (Lipinski definition) is 6. The maximum absolute atomic E-state index is 14.6. The van der Waals surface area contributed by atoms with Gasteiger partial charge in [-0.25, -0.2) is 4.79 Å². The number of para-hydroxylation sites is 1. The van der Waals surface area contributed by atoms with Gasteiger partial charge in [0.2, 0.25) is 11.8 Å². The van der Waals surface area contributed by atoms with Gasteiger partial charge >= 0.3 is 6.09 Å². The number of phenols is 2. The number of nitrogens with one attached hydrogen (secondary N) is 2. The van der Waals surface area contributed by atoms with Gasteiger partial charge in [-0.3, -0.25) is 9.59 Å². The summed E-state index contributed by atoms with van der Waals surface area (Å²) in [6.45, 7) is 10.7. The molecule has 3 unspecified atom stereocenters. The number of carbonyl (C=O) groups is 3. The van der Waals surface area contributed by atoms with Crippen LogP contribution in [-0.4, -0.2) is 56.7 Å².